The largest absolute Gasteiger partial charge is 0.497 e. The zero-order valence-corrected chi connectivity index (χ0v) is 16.8. The van der Waals surface area contributed by atoms with Gasteiger partial charge in [-0.25, -0.2) is 13.1 Å². The molecule has 0 atom stereocenters. The first-order valence-corrected chi connectivity index (χ1v) is 10.0. The Morgan fingerprint density at radius 2 is 1.56 bits per heavy atom. The Labute approximate surface area is 160 Å². The molecule has 2 aromatic carbocycles. The highest BCUT2D eigenvalue weighted by molar-refractivity contribution is 7.89. The van der Waals surface area contributed by atoms with Crippen LogP contribution in [0.1, 0.15) is 19.4 Å². The van der Waals surface area contributed by atoms with Gasteiger partial charge in [-0.05, 0) is 43.7 Å². The third-order valence-electron chi connectivity index (χ3n) is 3.73. The van der Waals surface area contributed by atoms with E-state index in [9.17, 15) is 8.42 Å². The minimum Gasteiger partial charge on any atom is -0.497 e. The fraction of sp³-hybridized carbons (Fsp3) is 0.368. The lowest BCUT2D eigenvalue weighted by Crippen LogP contribution is -2.23. The van der Waals surface area contributed by atoms with Gasteiger partial charge >= 0.3 is 0 Å². The van der Waals surface area contributed by atoms with Crippen LogP contribution in [0.3, 0.4) is 0 Å². The molecule has 8 heteroatoms. The van der Waals surface area contributed by atoms with Crippen LogP contribution >= 0.6 is 0 Å². The molecule has 7 nitrogen and oxygen atoms in total. The third kappa shape index (κ3) is 5.27. The summed E-state index contributed by atoms with van der Waals surface area (Å²) in [6.45, 7) is 4.87. The molecule has 0 radical (unpaired) electrons. The van der Waals surface area contributed by atoms with Crippen molar-refractivity contribution in [2.24, 2.45) is 0 Å². The van der Waals surface area contributed by atoms with E-state index in [1.165, 1.54) is 26.4 Å². The van der Waals surface area contributed by atoms with Gasteiger partial charge in [-0.3, -0.25) is 0 Å². The van der Waals surface area contributed by atoms with Crippen molar-refractivity contribution in [2.45, 2.75) is 25.3 Å². The van der Waals surface area contributed by atoms with Crippen molar-refractivity contribution in [3.8, 4) is 23.0 Å². The average Bonchev–Trinajstić information content (AvgIpc) is 2.68. The van der Waals surface area contributed by atoms with Crippen molar-refractivity contribution in [1.29, 1.82) is 0 Å². The summed E-state index contributed by atoms with van der Waals surface area (Å²) >= 11 is 0. The predicted octanol–water partition coefficient (Wildman–Crippen LogP) is 2.98. The lowest BCUT2D eigenvalue weighted by Gasteiger charge is -2.14. The van der Waals surface area contributed by atoms with E-state index in [-0.39, 0.29) is 17.2 Å². The number of hydrogen-bond acceptors (Lipinski definition) is 6. The van der Waals surface area contributed by atoms with Crippen LogP contribution in [0.15, 0.2) is 41.3 Å². The van der Waals surface area contributed by atoms with Crippen molar-refractivity contribution >= 4 is 10.0 Å². The number of ether oxygens (including phenoxy) is 4. The van der Waals surface area contributed by atoms with Crippen molar-refractivity contribution in [1.82, 2.24) is 4.72 Å². The zero-order valence-electron chi connectivity index (χ0n) is 15.9. The Hall–Kier alpha value is -2.45. The predicted molar refractivity (Wildman–Crippen MR) is 102 cm³/mol. The molecule has 0 saturated heterocycles. The molecule has 0 bridgehead atoms. The highest BCUT2D eigenvalue weighted by Gasteiger charge is 2.20. The SMILES string of the molecule is CCOc1ccc(CNS(=O)(=O)c2ccc(OC)cc2OC)cc1OCC. The highest BCUT2D eigenvalue weighted by Crippen LogP contribution is 2.30. The van der Waals surface area contributed by atoms with Crippen LogP contribution < -0.4 is 23.7 Å². The number of sulfonamides is 1. The fourth-order valence-electron chi connectivity index (χ4n) is 2.46. The number of benzene rings is 2. The molecular weight excluding hydrogens is 370 g/mol. The van der Waals surface area contributed by atoms with E-state index >= 15 is 0 Å². The van der Waals surface area contributed by atoms with Crippen LogP contribution in [0, 0.1) is 0 Å². The molecule has 0 unspecified atom stereocenters. The van der Waals surface area contributed by atoms with E-state index in [0.717, 1.165) is 5.56 Å². The first kappa shape index (κ1) is 20.9. The second kappa shape index (κ2) is 9.48. The van der Waals surface area contributed by atoms with Gasteiger partial charge in [0.1, 0.15) is 16.4 Å². The van der Waals surface area contributed by atoms with E-state index in [4.69, 9.17) is 18.9 Å². The Morgan fingerprint density at radius 3 is 2.19 bits per heavy atom. The number of nitrogens with one attached hydrogen (secondary N) is 1. The smallest absolute Gasteiger partial charge is 0.244 e. The van der Waals surface area contributed by atoms with E-state index in [1.54, 1.807) is 24.3 Å². The molecule has 27 heavy (non-hydrogen) atoms. The molecule has 0 amide bonds. The molecule has 0 fully saturated rings. The van der Waals surface area contributed by atoms with Crippen LogP contribution in [-0.4, -0.2) is 35.9 Å². The fourth-order valence-corrected chi connectivity index (χ4v) is 3.62. The number of methoxy groups -OCH3 is 2. The standard InChI is InChI=1S/C19H25NO6S/c1-5-25-16-9-7-14(11-17(16)26-6-2)13-20-27(21,22)19-10-8-15(23-3)12-18(19)24-4/h7-12,20H,5-6,13H2,1-4H3. The van der Waals surface area contributed by atoms with Crippen LogP contribution in [0.5, 0.6) is 23.0 Å². The Bertz CT molecular complexity index is 866. The summed E-state index contributed by atoms with van der Waals surface area (Å²) in [7, 11) is -0.860. The summed E-state index contributed by atoms with van der Waals surface area (Å²) in [5.74, 6) is 1.93. The Morgan fingerprint density at radius 1 is 0.852 bits per heavy atom. The Kier molecular flexibility index (Phi) is 7.32. The summed E-state index contributed by atoms with van der Waals surface area (Å²) in [6.07, 6.45) is 0. The normalized spacial score (nSPS) is 11.1. The van der Waals surface area contributed by atoms with Gasteiger partial charge in [0, 0.05) is 12.6 Å². The van der Waals surface area contributed by atoms with E-state index in [1.807, 2.05) is 13.8 Å². The molecule has 0 aliphatic carbocycles. The molecule has 148 valence electrons. The monoisotopic (exact) mass is 395 g/mol. The first-order valence-electron chi connectivity index (χ1n) is 8.55. The van der Waals surface area contributed by atoms with Gasteiger partial charge in [-0.2, -0.15) is 0 Å². The van der Waals surface area contributed by atoms with Crippen molar-refractivity contribution in [3.63, 3.8) is 0 Å². The molecule has 2 rings (SSSR count). The second-order valence-corrected chi connectivity index (χ2v) is 7.22. The lowest BCUT2D eigenvalue weighted by atomic mass is 10.2. The van der Waals surface area contributed by atoms with Crippen LogP contribution in [0.2, 0.25) is 0 Å². The van der Waals surface area contributed by atoms with Crippen molar-refractivity contribution in [2.75, 3.05) is 27.4 Å². The van der Waals surface area contributed by atoms with E-state index in [2.05, 4.69) is 4.72 Å². The zero-order chi connectivity index (χ0) is 19.9. The maximum absolute atomic E-state index is 12.7. The Balaban J connectivity index is 2.21. The van der Waals surface area contributed by atoms with Crippen LogP contribution in [-0.2, 0) is 16.6 Å². The topological polar surface area (TPSA) is 83.1 Å². The van der Waals surface area contributed by atoms with Crippen LogP contribution in [0.4, 0.5) is 0 Å². The third-order valence-corrected chi connectivity index (χ3v) is 5.18. The lowest BCUT2D eigenvalue weighted by molar-refractivity contribution is 0.287. The van der Waals surface area contributed by atoms with Gasteiger partial charge in [0.15, 0.2) is 11.5 Å². The first-order chi connectivity index (χ1) is 12.9. The quantitative estimate of drug-likeness (QED) is 0.666. The van der Waals surface area contributed by atoms with Gasteiger partial charge < -0.3 is 18.9 Å². The molecular formula is C19H25NO6S. The number of rotatable bonds is 10. The minimum absolute atomic E-state index is 0.0433. The molecule has 2 aromatic rings. The summed E-state index contributed by atoms with van der Waals surface area (Å²) in [5.41, 5.74) is 0.748. The number of hydrogen-bond donors (Lipinski definition) is 1. The van der Waals surface area contributed by atoms with Crippen LogP contribution in [0.25, 0.3) is 0 Å². The summed E-state index contributed by atoms with van der Waals surface area (Å²) < 4.78 is 49.3. The van der Waals surface area contributed by atoms with Gasteiger partial charge in [0.05, 0.1) is 27.4 Å². The second-order valence-electron chi connectivity index (χ2n) is 5.49. The average molecular weight is 395 g/mol. The molecule has 0 heterocycles. The maximum Gasteiger partial charge on any atom is 0.244 e. The van der Waals surface area contributed by atoms with Crippen molar-refractivity contribution in [3.05, 3.63) is 42.0 Å². The van der Waals surface area contributed by atoms with Gasteiger partial charge in [0.25, 0.3) is 0 Å². The summed E-state index contributed by atoms with van der Waals surface area (Å²) in [4.78, 5) is 0.0433. The molecule has 1 N–H and O–H groups in total. The van der Waals surface area contributed by atoms with E-state index < -0.39 is 10.0 Å². The maximum atomic E-state index is 12.7. The summed E-state index contributed by atoms with van der Waals surface area (Å²) in [5, 5.41) is 0. The van der Waals surface area contributed by atoms with Gasteiger partial charge in [0.2, 0.25) is 10.0 Å². The molecule has 0 aliphatic heterocycles. The molecule has 0 aliphatic rings. The molecule has 0 spiro atoms. The van der Waals surface area contributed by atoms with Crippen molar-refractivity contribution < 1.29 is 27.4 Å². The minimum atomic E-state index is -3.77. The highest BCUT2D eigenvalue weighted by atomic mass is 32.2. The van der Waals surface area contributed by atoms with Gasteiger partial charge in [-0.1, -0.05) is 6.07 Å². The molecule has 0 aromatic heterocycles. The van der Waals surface area contributed by atoms with E-state index in [0.29, 0.717) is 30.5 Å². The molecule has 0 saturated carbocycles. The summed E-state index contributed by atoms with van der Waals surface area (Å²) in [6, 6.07) is 9.87. The van der Waals surface area contributed by atoms with Gasteiger partial charge in [-0.15, -0.1) is 0 Å².